The van der Waals surface area contributed by atoms with Crippen LogP contribution < -0.4 is 0 Å². The van der Waals surface area contributed by atoms with Gasteiger partial charge < -0.3 is 5.11 Å². The van der Waals surface area contributed by atoms with Gasteiger partial charge in [0.2, 0.25) is 0 Å². The van der Waals surface area contributed by atoms with Crippen LogP contribution in [-0.2, 0) is 4.79 Å². The minimum atomic E-state index is -1.06. The van der Waals surface area contributed by atoms with Crippen molar-refractivity contribution in [2.75, 3.05) is 0 Å². The summed E-state index contributed by atoms with van der Waals surface area (Å²) in [5.74, 6) is -1.46. The number of carboxylic acid groups (broad SMARTS) is 1. The molecule has 0 radical (unpaired) electrons. The van der Waals surface area contributed by atoms with Crippen molar-refractivity contribution in [2.45, 2.75) is 6.92 Å². The molecule has 0 aliphatic rings. The highest BCUT2D eigenvalue weighted by Crippen LogP contribution is 2.24. The molecule has 14 heavy (non-hydrogen) atoms. The quantitative estimate of drug-likeness (QED) is 0.829. The Kier molecular flexibility index (Phi) is 3.41. The lowest BCUT2D eigenvalue weighted by molar-refractivity contribution is -0.131. The first-order chi connectivity index (χ1) is 6.52. The van der Waals surface area contributed by atoms with Gasteiger partial charge in [-0.1, -0.05) is 6.07 Å². The monoisotopic (exact) mass is 258 g/mol. The summed E-state index contributed by atoms with van der Waals surface area (Å²) in [6.45, 7) is 1.78. The van der Waals surface area contributed by atoms with Crippen molar-refractivity contribution >= 4 is 28.0 Å². The number of benzene rings is 1. The lowest BCUT2D eigenvalue weighted by Crippen LogP contribution is -1.90. The summed E-state index contributed by atoms with van der Waals surface area (Å²) >= 11 is 3.06. The summed E-state index contributed by atoms with van der Waals surface area (Å²) in [7, 11) is 0. The molecule has 0 fully saturated rings. The summed E-state index contributed by atoms with van der Waals surface area (Å²) in [6.07, 6.45) is 2.34. The van der Waals surface area contributed by atoms with Gasteiger partial charge in [-0.25, -0.2) is 9.18 Å². The molecule has 1 rings (SSSR count). The van der Waals surface area contributed by atoms with Gasteiger partial charge in [0.1, 0.15) is 5.82 Å². The molecule has 0 saturated carbocycles. The third kappa shape index (κ3) is 2.42. The molecule has 1 aromatic rings. The van der Waals surface area contributed by atoms with Crippen LogP contribution in [0.3, 0.4) is 0 Å². The zero-order chi connectivity index (χ0) is 10.7. The number of rotatable bonds is 2. The summed E-state index contributed by atoms with van der Waals surface area (Å²) in [5.41, 5.74) is 1.36. The minimum absolute atomic E-state index is 0.287. The maximum atomic E-state index is 13.1. The lowest BCUT2D eigenvalue weighted by Gasteiger charge is -2.03. The maximum Gasteiger partial charge on any atom is 0.328 e. The first-order valence-corrected chi connectivity index (χ1v) is 4.67. The molecular weight excluding hydrogens is 251 g/mol. The Morgan fingerprint density at radius 1 is 1.57 bits per heavy atom. The number of carboxylic acids is 1. The highest BCUT2D eigenvalue weighted by atomic mass is 79.9. The standard InChI is InChI=1S/C10H8BrFO2/c1-6-2-4-8(12)10(11)7(6)3-5-9(13)14/h2-5H,1H3,(H,13,14)/b5-3+. The number of aliphatic carboxylic acids is 1. The zero-order valence-corrected chi connectivity index (χ0v) is 9.01. The average Bonchev–Trinajstić information content (AvgIpc) is 2.11. The first-order valence-electron chi connectivity index (χ1n) is 3.88. The Morgan fingerprint density at radius 2 is 2.21 bits per heavy atom. The van der Waals surface area contributed by atoms with Gasteiger partial charge in [-0.15, -0.1) is 0 Å². The minimum Gasteiger partial charge on any atom is -0.478 e. The van der Waals surface area contributed by atoms with Gasteiger partial charge in [0.15, 0.2) is 0 Å². The van der Waals surface area contributed by atoms with Gasteiger partial charge in [-0.3, -0.25) is 0 Å². The Labute approximate surface area is 89.2 Å². The fourth-order valence-corrected chi connectivity index (χ4v) is 1.60. The topological polar surface area (TPSA) is 37.3 Å². The van der Waals surface area contributed by atoms with Crippen molar-refractivity contribution in [3.63, 3.8) is 0 Å². The van der Waals surface area contributed by atoms with Crippen LogP contribution in [0.2, 0.25) is 0 Å². The van der Waals surface area contributed by atoms with E-state index in [9.17, 15) is 9.18 Å². The lowest BCUT2D eigenvalue weighted by atomic mass is 10.1. The highest BCUT2D eigenvalue weighted by molar-refractivity contribution is 9.10. The van der Waals surface area contributed by atoms with E-state index < -0.39 is 11.8 Å². The van der Waals surface area contributed by atoms with Crippen molar-refractivity contribution in [1.82, 2.24) is 0 Å². The Balaban J connectivity index is 3.19. The van der Waals surface area contributed by atoms with E-state index in [1.54, 1.807) is 13.0 Å². The van der Waals surface area contributed by atoms with Crippen LogP contribution in [0.1, 0.15) is 11.1 Å². The summed E-state index contributed by atoms with van der Waals surface area (Å²) in [6, 6.07) is 2.93. The normalized spacial score (nSPS) is 10.8. The predicted molar refractivity (Wildman–Crippen MR) is 55.5 cm³/mol. The van der Waals surface area contributed by atoms with Crippen LogP contribution in [0.15, 0.2) is 22.7 Å². The van der Waals surface area contributed by atoms with Crippen LogP contribution in [0.5, 0.6) is 0 Å². The molecule has 1 aromatic carbocycles. The van der Waals surface area contributed by atoms with E-state index in [2.05, 4.69) is 15.9 Å². The van der Waals surface area contributed by atoms with Crippen molar-refractivity contribution in [1.29, 1.82) is 0 Å². The van der Waals surface area contributed by atoms with E-state index in [1.807, 2.05) is 0 Å². The van der Waals surface area contributed by atoms with E-state index in [4.69, 9.17) is 5.11 Å². The molecule has 0 bridgehead atoms. The van der Waals surface area contributed by atoms with Crippen LogP contribution in [0.25, 0.3) is 6.08 Å². The SMILES string of the molecule is Cc1ccc(F)c(Br)c1/C=C/C(=O)O. The molecule has 0 aliphatic heterocycles. The van der Waals surface area contributed by atoms with Crippen molar-refractivity contribution in [3.05, 3.63) is 39.6 Å². The van der Waals surface area contributed by atoms with E-state index in [0.29, 0.717) is 5.56 Å². The molecular formula is C10H8BrFO2. The van der Waals surface area contributed by atoms with Crippen molar-refractivity contribution in [2.24, 2.45) is 0 Å². The molecule has 74 valence electrons. The van der Waals surface area contributed by atoms with Crippen LogP contribution >= 0.6 is 15.9 Å². The molecule has 0 aliphatic carbocycles. The fourth-order valence-electron chi connectivity index (χ4n) is 1.02. The van der Waals surface area contributed by atoms with Crippen LogP contribution in [0, 0.1) is 12.7 Å². The highest BCUT2D eigenvalue weighted by Gasteiger charge is 2.05. The average molecular weight is 259 g/mol. The third-order valence-electron chi connectivity index (χ3n) is 1.74. The number of carbonyl (C=O) groups is 1. The summed E-state index contributed by atoms with van der Waals surface area (Å²) < 4.78 is 13.3. The van der Waals surface area contributed by atoms with Gasteiger partial charge in [-0.2, -0.15) is 0 Å². The second kappa shape index (κ2) is 4.37. The van der Waals surface area contributed by atoms with Crippen LogP contribution in [0.4, 0.5) is 4.39 Å². The molecule has 0 saturated heterocycles. The molecule has 0 amide bonds. The molecule has 0 atom stereocenters. The Hall–Kier alpha value is -1.16. The first kappa shape index (κ1) is 10.9. The van der Waals surface area contributed by atoms with Gasteiger partial charge >= 0.3 is 5.97 Å². The van der Waals surface area contributed by atoms with Gasteiger partial charge in [0, 0.05) is 6.08 Å². The van der Waals surface area contributed by atoms with E-state index in [1.165, 1.54) is 12.1 Å². The second-order valence-corrected chi connectivity index (χ2v) is 3.56. The molecule has 0 heterocycles. The number of hydrogen-bond acceptors (Lipinski definition) is 1. The number of aryl methyl sites for hydroxylation is 1. The summed E-state index contributed by atoms with van der Waals surface area (Å²) in [4.78, 5) is 10.3. The predicted octanol–water partition coefficient (Wildman–Crippen LogP) is 2.99. The molecule has 1 N–H and O–H groups in total. The van der Waals surface area contributed by atoms with Gasteiger partial charge in [0.05, 0.1) is 4.47 Å². The van der Waals surface area contributed by atoms with Gasteiger partial charge in [0.25, 0.3) is 0 Å². The van der Waals surface area contributed by atoms with Crippen molar-refractivity contribution in [3.8, 4) is 0 Å². The molecule has 0 spiro atoms. The van der Waals surface area contributed by atoms with Crippen LogP contribution in [-0.4, -0.2) is 11.1 Å². The second-order valence-electron chi connectivity index (χ2n) is 2.76. The Morgan fingerprint density at radius 3 is 2.79 bits per heavy atom. The van der Waals surface area contributed by atoms with Gasteiger partial charge in [-0.05, 0) is 46.1 Å². The molecule has 4 heteroatoms. The Bertz CT molecular complexity index is 399. The number of hydrogen-bond donors (Lipinski definition) is 1. The number of halogens is 2. The fraction of sp³-hybridized carbons (Fsp3) is 0.100. The third-order valence-corrected chi connectivity index (χ3v) is 2.55. The van der Waals surface area contributed by atoms with E-state index in [-0.39, 0.29) is 4.47 Å². The molecule has 0 aromatic heterocycles. The largest absolute Gasteiger partial charge is 0.478 e. The van der Waals surface area contributed by atoms with E-state index in [0.717, 1.165) is 11.6 Å². The molecule has 2 nitrogen and oxygen atoms in total. The zero-order valence-electron chi connectivity index (χ0n) is 7.42. The maximum absolute atomic E-state index is 13.1. The smallest absolute Gasteiger partial charge is 0.328 e. The van der Waals surface area contributed by atoms with E-state index >= 15 is 0 Å². The van der Waals surface area contributed by atoms with Crippen molar-refractivity contribution < 1.29 is 14.3 Å². The molecule has 0 unspecified atom stereocenters. The summed E-state index contributed by atoms with van der Waals surface area (Å²) in [5, 5.41) is 8.43.